The Hall–Kier alpha value is -3.18. The van der Waals surface area contributed by atoms with Crippen molar-refractivity contribution in [2.45, 2.75) is 19.0 Å². The number of piperazine rings is 1. The van der Waals surface area contributed by atoms with Gasteiger partial charge in [-0.1, -0.05) is 41.9 Å². The van der Waals surface area contributed by atoms with Crippen LogP contribution in [0.3, 0.4) is 0 Å². The number of carbonyl (C=O) groups excluding carboxylic acids is 1. The van der Waals surface area contributed by atoms with E-state index in [1.54, 1.807) is 12.1 Å². The maximum absolute atomic E-state index is 13.9. The van der Waals surface area contributed by atoms with Gasteiger partial charge < -0.3 is 15.4 Å². The first-order valence-electron chi connectivity index (χ1n) is 11.1. The molecule has 2 N–H and O–H groups in total. The van der Waals surface area contributed by atoms with E-state index in [0.717, 1.165) is 29.4 Å². The molecule has 1 saturated heterocycles. The Kier molecular flexibility index (Phi) is 7.03. The van der Waals surface area contributed by atoms with E-state index in [0.29, 0.717) is 30.0 Å². The largest absolute Gasteiger partial charge is 0.495 e. The smallest absolute Gasteiger partial charge is 0.245 e. The van der Waals surface area contributed by atoms with Gasteiger partial charge in [0.05, 0.1) is 17.7 Å². The van der Waals surface area contributed by atoms with E-state index in [-0.39, 0.29) is 17.5 Å². The number of amides is 1. The maximum atomic E-state index is 13.9. The van der Waals surface area contributed by atoms with E-state index in [4.69, 9.17) is 16.3 Å². The number of methoxy groups -OCH3 is 1. The van der Waals surface area contributed by atoms with Gasteiger partial charge in [-0.3, -0.25) is 9.69 Å². The van der Waals surface area contributed by atoms with Crippen LogP contribution >= 0.6 is 11.6 Å². The van der Waals surface area contributed by atoms with Crippen LogP contribution in [-0.4, -0.2) is 44.1 Å². The molecule has 1 amide bonds. The van der Waals surface area contributed by atoms with Crippen molar-refractivity contribution in [2.75, 3.05) is 33.3 Å². The minimum Gasteiger partial charge on any atom is -0.495 e. The van der Waals surface area contributed by atoms with Crippen LogP contribution in [0.5, 0.6) is 5.75 Å². The number of nitrogens with one attached hydrogen (secondary N) is 2. The first-order chi connectivity index (χ1) is 16.4. The second-order valence-electron chi connectivity index (χ2n) is 8.39. The summed E-state index contributed by atoms with van der Waals surface area (Å²) < 4.78 is 19.5. The Balaban J connectivity index is 1.73. The molecule has 4 rings (SSSR count). The van der Waals surface area contributed by atoms with Crippen LogP contribution in [0, 0.1) is 17.1 Å². The molecule has 0 aromatic heterocycles. The molecule has 176 valence electrons. The van der Waals surface area contributed by atoms with Crippen molar-refractivity contribution in [1.29, 1.82) is 5.26 Å². The van der Waals surface area contributed by atoms with E-state index in [9.17, 15) is 14.4 Å². The van der Waals surface area contributed by atoms with Gasteiger partial charge in [0.2, 0.25) is 5.91 Å². The highest BCUT2D eigenvalue weighted by Gasteiger charge is 2.42. The highest BCUT2D eigenvalue weighted by atomic mass is 35.5. The number of carbonyl (C=O) groups is 1. The molecule has 1 atom stereocenters. The van der Waals surface area contributed by atoms with Crippen molar-refractivity contribution >= 4 is 28.3 Å². The molecular formula is C26H26ClFN4O2. The third-order valence-electron chi connectivity index (χ3n) is 6.53. The van der Waals surface area contributed by atoms with Crippen molar-refractivity contribution < 1.29 is 13.9 Å². The third kappa shape index (κ3) is 4.32. The first-order valence-corrected chi connectivity index (χ1v) is 11.5. The second kappa shape index (κ2) is 9.98. The molecule has 0 saturated carbocycles. The normalized spacial score (nSPS) is 16.0. The standard InChI is InChI=1S/C26H26ClFN4O2/c1-26(32-11-9-30-10-12-32,19-7-8-23(28)22(27)14-19)25(33)31-16-21-20-6-4-3-5-17(20)13-18(15-29)24(21)34-2/h3-8,13-14,30H,9-12,16H2,1-2H3,(H,31,33). The molecule has 0 bridgehead atoms. The van der Waals surface area contributed by atoms with Crippen LogP contribution in [0.4, 0.5) is 4.39 Å². The quantitative estimate of drug-likeness (QED) is 0.558. The van der Waals surface area contributed by atoms with Crippen molar-refractivity contribution in [3.05, 3.63) is 76.1 Å². The van der Waals surface area contributed by atoms with Crippen LogP contribution in [0.15, 0.2) is 48.5 Å². The van der Waals surface area contributed by atoms with Crippen LogP contribution in [0.2, 0.25) is 5.02 Å². The first kappa shape index (κ1) is 24.0. The van der Waals surface area contributed by atoms with Gasteiger partial charge in [0.25, 0.3) is 0 Å². The van der Waals surface area contributed by atoms with Crippen molar-refractivity contribution in [1.82, 2.24) is 15.5 Å². The summed E-state index contributed by atoms with van der Waals surface area (Å²) in [7, 11) is 1.52. The SMILES string of the molecule is COc1c(C#N)cc2ccccc2c1CNC(=O)C(C)(c1ccc(F)c(Cl)c1)N1CCNCC1. The predicted octanol–water partition coefficient (Wildman–Crippen LogP) is 3.95. The number of rotatable bonds is 6. The Morgan fingerprint density at radius 3 is 2.68 bits per heavy atom. The monoisotopic (exact) mass is 480 g/mol. The number of hydrogen-bond acceptors (Lipinski definition) is 5. The topological polar surface area (TPSA) is 77.4 Å². The predicted molar refractivity (Wildman–Crippen MR) is 130 cm³/mol. The van der Waals surface area contributed by atoms with Crippen LogP contribution in [-0.2, 0) is 16.9 Å². The summed E-state index contributed by atoms with van der Waals surface area (Å²) in [5.74, 6) is -0.334. The van der Waals surface area contributed by atoms with Crippen molar-refractivity contribution in [3.8, 4) is 11.8 Å². The Morgan fingerprint density at radius 1 is 1.26 bits per heavy atom. The number of hydrogen-bond donors (Lipinski definition) is 2. The zero-order chi connectivity index (χ0) is 24.3. The molecule has 0 radical (unpaired) electrons. The molecule has 1 aliphatic rings. The lowest BCUT2D eigenvalue weighted by Gasteiger charge is -2.42. The van der Waals surface area contributed by atoms with Gasteiger partial charge in [-0.2, -0.15) is 5.26 Å². The van der Waals surface area contributed by atoms with E-state index < -0.39 is 11.4 Å². The van der Waals surface area contributed by atoms with Gasteiger partial charge in [-0.25, -0.2) is 4.39 Å². The molecule has 3 aromatic rings. The van der Waals surface area contributed by atoms with E-state index in [2.05, 4.69) is 21.6 Å². The van der Waals surface area contributed by atoms with Gasteiger partial charge in [0, 0.05) is 38.3 Å². The van der Waals surface area contributed by atoms with E-state index in [1.807, 2.05) is 31.2 Å². The van der Waals surface area contributed by atoms with Crippen molar-refractivity contribution in [2.24, 2.45) is 0 Å². The molecule has 1 unspecified atom stereocenters. The maximum Gasteiger partial charge on any atom is 0.245 e. The molecule has 34 heavy (non-hydrogen) atoms. The zero-order valence-electron chi connectivity index (χ0n) is 19.1. The number of benzene rings is 3. The minimum absolute atomic E-state index is 0.0268. The number of fused-ring (bicyclic) bond motifs is 1. The molecule has 1 heterocycles. The number of halogens is 2. The molecule has 6 nitrogen and oxygen atoms in total. The summed E-state index contributed by atoms with van der Waals surface area (Å²) in [6, 6.07) is 16.1. The number of nitriles is 1. The molecular weight excluding hydrogens is 455 g/mol. The number of nitrogens with zero attached hydrogens (tertiary/aromatic N) is 2. The summed E-state index contributed by atoms with van der Waals surface area (Å²) >= 11 is 6.09. The minimum atomic E-state index is -1.07. The molecule has 0 aliphatic carbocycles. The van der Waals surface area contributed by atoms with E-state index in [1.165, 1.54) is 19.2 Å². The summed E-state index contributed by atoms with van der Waals surface area (Å²) in [6.45, 7) is 4.76. The Morgan fingerprint density at radius 2 is 2.00 bits per heavy atom. The molecule has 1 fully saturated rings. The zero-order valence-corrected chi connectivity index (χ0v) is 19.9. The van der Waals surface area contributed by atoms with Gasteiger partial charge in [-0.15, -0.1) is 0 Å². The van der Waals surface area contributed by atoms with Crippen LogP contribution < -0.4 is 15.4 Å². The van der Waals surface area contributed by atoms with E-state index >= 15 is 0 Å². The lowest BCUT2D eigenvalue weighted by atomic mass is 9.88. The Bertz CT molecular complexity index is 1270. The summed E-state index contributed by atoms with van der Waals surface area (Å²) in [5.41, 5.74) is 0.668. The van der Waals surface area contributed by atoms with Gasteiger partial charge >= 0.3 is 0 Å². The van der Waals surface area contributed by atoms with Gasteiger partial charge in [-0.05, 0) is 41.5 Å². The summed E-state index contributed by atoms with van der Waals surface area (Å²) in [5, 5.41) is 17.7. The van der Waals surface area contributed by atoms with Crippen LogP contribution in [0.1, 0.15) is 23.6 Å². The fourth-order valence-corrected chi connectivity index (χ4v) is 4.78. The fraction of sp³-hybridized carbons (Fsp3) is 0.308. The number of ether oxygens (including phenoxy) is 1. The van der Waals surface area contributed by atoms with Crippen molar-refractivity contribution in [3.63, 3.8) is 0 Å². The molecule has 8 heteroatoms. The lowest BCUT2D eigenvalue weighted by molar-refractivity contribution is -0.134. The molecule has 1 aliphatic heterocycles. The fourth-order valence-electron chi connectivity index (χ4n) is 4.60. The molecule has 0 spiro atoms. The lowest BCUT2D eigenvalue weighted by Crippen LogP contribution is -2.59. The summed E-state index contributed by atoms with van der Waals surface area (Å²) in [4.78, 5) is 15.9. The average molecular weight is 481 g/mol. The average Bonchev–Trinajstić information content (AvgIpc) is 2.87. The second-order valence-corrected chi connectivity index (χ2v) is 8.80. The summed E-state index contributed by atoms with van der Waals surface area (Å²) in [6.07, 6.45) is 0. The van der Waals surface area contributed by atoms with Gasteiger partial charge in [0.1, 0.15) is 23.2 Å². The third-order valence-corrected chi connectivity index (χ3v) is 6.82. The van der Waals surface area contributed by atoms with Crippen LogP contribution in [0.25, 0.3) is 10.8 Å². The highest BCUT2D eigenvalue weighted by Crippen LogP contribution is 2.34. The van der Waals surface area contributed by atoms with Gasteiger partial charge in [0.15, 0.2) is 0 Å². The highest BCUT2D eigenvalue weighted by molar-refractivity contribution is 6.30. The Labute approximate surface area is 203 Å². The molecule has 3 aromatic carbocycles.